The summed E-state index contributed by atoms with van der Waals surface area (Å²) in [5, 5.41) is 12.2. The highest BCUT2D eigenvalue weighted by atomic mass is 35.5. The van der Waals surface area contributed by atoms with Crippen molar-refractivity contribution < 1.29 is 19.4 Å². The van der Waals surface area contributed by atoms with Crippen molar-refractivity contribution in [3.05, 3.63) is 27.2 Å². The van der Waals surface area contributed by atoms with Gasteiger partial charge in [0.25, 0.3) is 5.91 Å². The first-order chi connectivity index (χ1) is 9.69. The van der Waals surface area contributed by atoms with Gasteiger partial charge in [-0.3, -0.25) is 4.79 Å². The van der Waals surface area contributed by atoms with Crippen LogP contribution in [0.15, 0.2) is 12.1 Å². The zero-order chi connectivity index (χ0) is 16.2. The van der Waals surface area contributed by atoms with Gasteiger partial charge in [-0.2, -0.15) is 0 Å². The van der Waals surface area contributed by atoms with Crippen LogP contribution >= 0.6 is 34.8 Å². The number of nitrogens with one attached hydrogen (secondary N) is 1. The summed E-state index contributed by atoms with van der Waals surface area (Å²) in [5.41, 5.74) is -1.35. The molecule has 5 nitrogen and oxygen atoms in total. The Morgan fingerprint density at radius 1 is 1.24 bits per heavy atom. The van der Waals surface area contributed by atoms with Crippen LogP contribution < -0.4 is 10.1 Å². The number of carbonyl (C=O) groups is 2. The van der Waals surface area contributed by atoms with E-state index < -0.39 is 17.4 Å². The molecule has 0 saturated heterocycles. The van der Waals surface area contributed by atoms with E-state index in [0.29, 0.717) is 0 Å². The quantitative estimate of drug-likeness (QED) is 0.768. The molecule has 0 saturated carbocycles. The third-order valence-electron chi connectivity index (χ3n) is 2.93. The number of benzene rings is 1. The molecular formula is C13H14Cl3NO4. The van der Waals surface area contributed by atoms with Crippen LogP contribution in [0.1, 0.15) is 20.3 Å². The van der Waals surface area contributed by atoms with Crippen molar-refractivity contribution in [3.63, 3.8) is 0 Å². The van der Waals surface area contributed by atoms with E-state index in [-0.39, 0.29) is 33.8 Å². The monoisotopic (exact) mass is 353 g/mol. The minimum Gasteiger partial charge on any atom is -0.482 e. The zero-order valence-electron chi connectivity index (χ0n) is 11.4. The van der Waals surface area contributed by atoms with E-state index in [1.165, 1.54) is 19.1 Å². The third kappa shape index (κ3) is 4.66. The van der Waals surface area contributed by atoms with Gasteiger partial charge in [-0.1, -0.05) is 41.7 Å². The smallest absolute Gasteiger partial charge is 0.329 e. The number of amides is 1. The van der Waals surface area contributed by atoms with Crippen LogP contribution in [0.4, 0.5) is 0 Å². The number of hydrogen-bond donors (Lipinski definition) is 2. The second-order valence-electron chi connectivity index (χ2n) is 4.52. The van der Waals surface area contributed by atoms with Gasteiger partial charge in [-0.05, 0) is 19.4 Å². The number of halogens is 3. The Labute approximate surface area is 137 Å². The van der Waals surface area contributed by atoms with E-state index >= 15 is 0 Å². The Morgan fingerprint density at radius 3 is 2.33 bits per heavy atom. The summed E-state index contributed by atoms with van der Waals surface area (Å²) in [6.07, 6.45) is 0.238. The molecule has 0 radical (unpaired) electrons. The average molecular weight is 355 g/mol. The minimum absolute atomic E-state index is 0.190. The second kappa shape index (κ2) is 7.20. The molecule has 0 spiro atoms. The van der Waals surface area contributed by atoms with E-state index in [4.69, 9.17) is 44.6 Å². The fourth-order valence-electron chi connectivity index (χ4n) is 1.40. The first-order valence-electron chi connectivity index (χ1n) is 6.01. The van der Waals surface area contributed by atoms with Crippen molar-refractivity contribution in [3.8, 4) is 5.75 Å². The van der Waals surface area contributed by atoms with Crippen molar-refractivity contribution in [1.82, 2.24) is 5.32 Å². The largest absolute Gasteiger partial charge is 0.482 e. The molecule has 1 amide bonds. The minimum atomic E-state index is -1.35. The van der Waals surface area contributed by atoms with Crippen molar-refractivity contribution in [1.29, 1.82) is 0 Å². The normalized spacial score (nSPS) is 13.4. The summed E-state index contributed by atoms with van der Waals surface area (Å²) in [4.78, 5) is 22.8. The molecule has 0 aromatic heterocycles. The number of rotatable bonds is 6. The van der Waals surface area contributed by atoms with Gasteiger partial charge in [0, 0.05) is 6.07 Å². The highest BCUT2D eigenvalue weighted by molar-refractivity contribution is 6.43. The lowest BCUT2D eigenvalue weighted by molar-refractivity contribution is -0.147. The van der Waals surface area contributed by atoms with E-state index in [1.807, 2.05) is 0 Å². The standard InChI is InChI=1S/C13H14Cl3NO4/c1-3-13(2,12(19)20)17-11(18)6-21-10-5-8(15)7(14)4-9(10)16/h4-5H,3,6H2,1-2H3,(H,17,18)(H,19,20). The summed E-state index contributed by atoms with van der Waals surface area (Å²) < 4.78 is 5.22. The summed E-state index contributed by atoms with van der Waals surface area (Å²) in [6.45, 7) is 2.69. The Kier molecular flexibility index (Phi) is 6.13. The topological polar surface area (TPSA) is 75.6 Å². The molecule has 0 bridgehead atoms. The molecule has 2 N–H and O–H groups in total. The second-order valence-corrected chi connectivity index (χ2v) is 5.75. The number of carboxylic acid groups (broad SMARTS) is 1. The molecule has 0 aliphatic rings. The molecule has 0 aliphatic heterocycles. The molecule has 0 fully saturated rings. The highest BCUT2D eigenvalue weighted by Crippen LogP contribution is 2.33. The summed E-state index contributed by atoms with van der Waals surface area (Å²) in [6, 6.07) is 2.78. The number of ether oxygens (including phenoxy) is 1. The van der Waals surface area contributed by atoms with Gasteiger partial charge in [0.05, 0.1) is 15.1 Å². The maximum absolute atomic E-state index is 11.8. The van der Waals surface area contributed by atoms with E-state index in [2.05, 4.69) is 5.32 Å². The van der Waals surface area contributed by atoms with Crippen LogP contribution in [-0.2, 0) is 9.59 Å². The van der Waals surface area contributed by atoms with Gasteiger partial charge < -0.3 is 15.2 Å². The lowest BCUT2D eigenvalue weighted by Gasteiger charge is -2.24. The van der Waals surface area contributed by atoms with Crippen LogP contribution in [-0.4, -0.2) is 29.1 Å². The van der Waals surface area contributed by atoms with Crippen LogP contribution in [0.2, 0.25) is 15.1 Å². The van der Waals surface area contributed by atoms with Crippen molar-refractivity contribution in [2.75, 3.05) is 6.61 Å². The fourth-order valence-corrected chi connectivity index (χ4v) is 1.99. The van der Waals surface area contributed by atoms with Crippen LogP contribution in [0, 0.1) is 0 Å². The van der Waals surface area contributed by atoms with Gasteiger partial charge in [-0.25, -0.2) is 4.79 Å². The van der Waals surface area contributed by atoms with E-state index in [1.54, 1.807) is 6.92 Å². The summed E-state index contributed by atoms with van der Waals surface area (Å²) in [5.74, 6) is -1.51. The predicted molar refractivity (Wildman–Crippen MR) is 81.4 cm³/mol. The first-order valence-corrected chi connectivity index (χ1v) is 7.14. The maximum Gasteiger partial charge on any atom is 0.329 e. The van der Waals surface area contributed by atoms with Gasteiger partial charge in [0.1, 0.15) is 11.3 Å². The first kappa shape index (κ1) is 17.9. The lowest BCUT2D eigenvalue weighted by Crippen LogP contribution is -2.53. The Hall–Kier alpha value is -1.17. The number of aliphatic carboxylic acids is 1. The van der Waals surface area contributed by atoms with Crippen LogP contribution in [0.25, 0.3) is 0 Å². The number of carbonyl (C=O) groups excluding carboxylic acids is 1. The van der Waals surface area contributed by atoms with Crippen molar-refractivity contribution in [2.24, 2.45) is 0 Å². The highest BCUT2D eigenvalue weighted by Gasteiger charge is 2.32. The molecule has 8 heteroatoms. The van der Waals surface area contributed by atoms with Gasteiger partial charge in [-0.15, -0.1) is 0 Å². The van der Waals surface area contributed by atoms with Gasteiger partial charge in [0.15, 0.2) is 6.61 Å². The summed E-state index contributed by atoms with van der Waals surface area (Å²) >= 11 is 17.5. The van der Waals surface area contributed by atoms with Crippen LogP contribution in [0.5, 0.6) is 5.75 Å². The molecular weight excluding hydrogens is 341 g/mol. The molecule has 1 unspecified atom stereocenters. The average Bonchev–Trinajstić information content (AvgIpc) is 2.41. The van der Waals surface area contributed by atoms with Crippen molar-refractivity contribution in [2.45, 2.75) is 25.8 Å². The number of hydrogen-bond acceptors (Lipinski definition) is 3. The zero-order valence-corrected chi connectivity index (χ0v) is 13.6. The van der Waals surface area contributed by atoms with Gasteiger partial charge >= 0.3 is 5.97 Å². The molecule has 0 aliphatic carbocycles. The Morgan fingerprint density at radius 2 is 1.81 bits per heavy atom. The molecule has 1 atom stereocenters. The van der Waals surface area contributed by atoms with E-state index in [0.717, 1.165) is 0 Å². The summed E-state index contributed by atoms with van der Waals surface area (Å²) in [7, 11) is 0. The number of carboxylic acids is 1. The molecule has 0 heterocycles. The fraction of sp³-hybridized carbons (Fsp3) is 0.385. The third-order valence-corrected chi connectivity index (χ3v) is 3.95. The molecule has 1 aromatic carbocycles. The van der Waals surface area contributed by atoms with Crippen LogP contribution in [0.3, 0.4) is 0 Å². The maximum atomic E-state index is 11.8. The van der Waals surface area contributed by atoms with Crippen molar-refractivity contribution >= 4 is 46.7 Å². The molecule has 21 heavy (non-hydrogen) atoms. The van der Waals surface area contributed by atoms with Gasteiger partial charge in [0.2, 0.25) is 0 Å². The molecule has 1 aromatic rings. The molecule has 116 valence electrons. The Bertz CT molecular complexity index is 565. The predicted octanol–water partition coefficient (Wildman–Crippen LogP) is 3.40. The Balaban J connectivity index is 2.70. The SMILES string of the molecule is CCC(C)(NC(=O)COc1cc(Cl)c(Cl)cc1Cl)C(=O)O. The van der Waals surface area contributed by atoms with E-state index in [9.17, 15) is 9.59 Å². The lowest BCUT2D eigenvalue weighted by atomic mass is 9.99. The molecule has 1 rings (SSSR count).